The maximum absolute atomic E-state index is 13.6. The van der Waals surface area contributed by atoms with Gasteiger partial charge in [-0.15, -0.1) is 0 Å². The van der Waals surface area contributed by atoms with E-state index in [1.165, 1.54) is 0 Å². The number of hydrogen-bond donors (Lipinski definition) is 12. The maximum atomic E-state index is 13.6. The van der Waals surface area contributed by atoms with Gasteiger partial charge >= 0.3 is 17.9 Å². The van der Waals surface area contributed by atoms with Crippen LogP contribution >= 0.6 is 0 Å². The Labute approximate surface area is 316 Å². The van der Waals surface area contributed by atoms with E-state index in [1.807, 2.05) is 13.8 Å². The van der Waals surface area contributed by atoms with Crippen LogP contribution in [0.3, 0.4) is 0 Å². The van der Waals surface area contributed by atoms with Crippen LogP contribution in [-0.2, 0) is 38.4 Å². The highest BCUT2D eigenvalue weighted by molar-refractivity contribution is 5.96. The molecular formula is C34H63N9O11. The molecule has 0 aromatic heterocycles. The van der Waals surface area contributed by atoms with E-state index in [2.05, 4.69) is 26.6 Å². The molecule has 0 fully saturated rings. The van der Waals surface area contributed by atoms with Crippen molar-refractivity contribution in [2.45, 2.75) is 140 Å². The van der Waals surface area contributed by atoms with Crippen molar-refractivity contribution in [3.63, 3.8) is 0 Å². The molecule has 0 aliphatic heterocycles. The van der Waals surface area contributed by atoms with Crippen LogP contribution in [0.1, 0.15) is 104 Å². The molecule has 0 aliphatic rings. The van der Waals surface area contributed by atoms with Crippen molar-refractivity contribution in [2.24, 2.45) is 28.9 Å². The van der Waals surface area contributed by atoms with E-state index >= 15 is 0 Å². The topological polar surface area (TPSA) is 361 Å². The number of amides is 5. The molecule has 0 spiro atoms. The number of carboxylic acids is 3. The number of carbonyl (C=O) groups excluding carboxylic acids is 5. The number of nitrogens with two attached hydrogens (primary N) is 4. The third kappa shape index (κ3) is 22.0. The number of hydrogen-bond acceptors (Lipinski definition) is 12. The summed E-state index contributed by atoms with van der Waals surface area (Å²) < 4.78 is 0. The fraction of sp³-hybridized carbons (Fsp3) is 0.765. The minimum absolute atomic E-state index is 0.0267. The first-order valence-electron chi connectivity index (χ1n) is 18.5. The average molecular weight is 774 g/mol. The van der Waals surface area contributed by atoms with Crippen LogP contribution in [0, 0.1) is 5.92 Å². The van der Waals surface area contributed by atoms with Gasteiger partial charge in [-0.05, 0) is 103 Å². The van der Waals surface area contributed by atoms with Crippen molar-refractivity contribution in [2.75, 3.05) is 19.6 Å². The Morgan fingerprint density at radius 2 is 0.759 bits per heavy atom. The zero-order chi connectivity index (χ0) is 41.2. The number of carbonyl (C=O) groups is 8. The molecule has 0 rings (SSSR count). The lowest BCUT2D eigenvalue weighted by molar-refractivity contribution is -0.142. The Morgan fingerprint density at radius 3 is 1.06 bits per heavy atom. The lowest BCUT2D eigenvalue weighted by atomic mass is 10.0. The summed E-state index contributed by atoms with van der Waals surface area (Å²) in [6.07, 6.45) is 1.10. The van der Waals surface area contributed by atoms with E-state index in [9.17, 15) is 53.7 Å². The fourth-order valence-corrected chi connectivity index (χ4v) is 5.33. The van der Waals surface area contributed by atoms with Crippen molar-refractivity contribution in [3.8, 4) is 0 Å². The summed E-state index contributed by atoms with van der Waals surface area (Å²) in [6.45, 7) is 4.63. The first-order valence-corrected chi connectivity index (χ1v) is 18.5. The minimum atomic E-state index is -1.59. The predicted molar refractivity (Wildman–Crippen MR) is 197 cm³/mol. The average Bonchev–Trinajstić information content (AvgIpc) is 3.09. The monoisotopic (exact) mass is 773 g/mol. The summed E-state index contributed by atoms with van der Waals surface area (Å²) in [5.74, 6) is -8.12. The Bertz CT molecular complexity index is 1220. The van der Waals surface area contributed by atoms with Gasteiger partial charge in [-0.25, -0.2) is 4.79 Å². The first kappa shape index (κ1) is 49.6. The third-order valence-corrected chi connectivity index (χ3v) is 8.34. The van der Waals surface area contributed by atoms with Crippen LogP contribution in [0.4, 0.5) is 0 Å². The zero-order valence-electron chi connectivity index (χ0n) is 31.5. The Morgan fingerprint density at radius 1 is 0.463 bits per heavy atom. The van der Waals surface area contributed by atoms with Gasteiger partial charge in [0.15, 0.2) is 0 Å². The van der Waals surface area contributed by atoms with Crippen molar-refractivity contribution in [3.05, 3.63) is 0 Å². The van der Waals surface area contributed by atoms with Gasteiger partial charge in [0.05, 0.1) is 6.04 Å². The van der Waals surface area contributed by atoms with E-state index in [0.717, 1.165) is 0 Å². The number of carboxylic acid groups (broad SMARTS) is 3. The van der Waals surface area contributed by atoms with Gasteiger partial charge in [-0.1, -0.05) is 13.8 Å². The molecule has 0 aromatic carbocycles. The van der Waals surface area contributed by atoms with E-state index in [1.54, 1.807) is 0 Å². The maximum Gasteiger partial charge on any atom is 0.326 e. The van der Waals surface area contributed by atoms with Crippen LogP contribution in [0.2, 0.25) is 0 Å². The SMILES string of the molecule is CC(C)C[C@H](N)C(=O)N[C@@H](CCCCN)C(=O)N[C@@H](CCC(=O)O)C(=O)N[C@@H](CCC(=O)O)C(=O)N[C@@H](CCCCN)C(=O)N[C@@H](CCCCN)C(=O)O. The second-order valence-corrected chi connectivity index (χ2v) is 13.6. The summed E-state index contributed by atoms with van der Waals surface area (Å²) in [5.41, 5.74) is 22.7. The van der Waals surface area contributed by atoms with Gasteiger partial charge in [0, 0.05) is 12.8 Å². The quantitative estimate of drug-likeness (QED) is 0.0339. The molecule has 5 amide bonds. The van der Waals surface area contributed by atoms with Crippen LogP contribution in [0.25, 0.3) is 0 Å². The van der Waals surface area contributed by atoms with E-state index in [0.29, 0.717) is 58.0 Å². The normalized spacial score (nSPS) is 14.4. The Balaban J connectivity index is 6.31. The summed E-state index contributed by atoms with van der Waals surface area (Å²) in [4.78, 5) is 102. The molecule has 0 aromatic rings. The van der Waals surface area contributed by atoms with Crippen molar-refractivity contribution >= 4 is 47.4 Å². The summed E-state index contributed by atoms with van der Waals surface area (Å²) in [6, 6.07) is -7.83. The van der Waals surface area contributed by atoms with E-state index < -0.39 is 109 Å². The van der Waals surface area contributed by atoms with E-state index in [-0.39, 0.29) is 31.7 Å². The van der Waals surface area contributed by atoms with Crippen LogP contribution in [0.15, 0.2) is 0 Å². The molecule has 16 N–H and O–H groups in total. The molecule has 310 valence electrons. The first-order chi connectivity index (χ1) is 25.5. The van der Waals surface area contributed by atoms with Gasteiger partial charge in [-0.2, -0.15) is 0 Å². The molecule has 0 radical (unpaired) electrons. The standard InChI is InChI=1S/C34H63N9O11/c1-20(2)19-21(38)29(48)39-22(9-3-6-16-35)30(49)41-25(13-15-28(46)47)33(52)42-24(12-14-27(44)45)32(51)40-23(10-4-7-17-36)31(50)43-26(34(53)54)11-5-8-18-37/h20-26H,3-19,35-38H2,1-2H3,(H,39,48)(H,40,51)(H,41,49)(H,42,52)(H,43,50)(H,44,45)(H,46,47)(H,53,54)/t21-,22-,23-,24-,25-,26-/m0/s1. The molecule has 0 heterocycles. The molecule has 20 heteroatoms. The number of unbranched alkanes of at least 4 members (excludes halogenated alkanes) is 3. The third-order valence-electron chi connectivity index (χ3n) is 8.34. The van der Waals surface area contributed by atoms with Crippen molar-refractivity contribution < 1.29 is 53.7 Å². The van der Waals surface area contributed by atoms with Gasteiger partial charge in [0.2, 0.25) is 29.5 Å². The largest absolute Gasteiger partial charge is 0.481 e. The highest BCUT2D eigenvalue weighted by Gasteiger charge is 2.33. The highest BCUT2D eigenvalue weighted by atomic mass is 16.4. The lowest BCUT2D eigenvalue weighted by Gasteiger charge is -2.27. The molecule has 20 nitrogen and oxygen atoms in total. The summed E-state index contributed by atoms with van der Waals surface area (Å²) in [5, 5.41) is 40.6. The molecule has 0 unspecified atom stereocenters. The predicted octanol–water partition coefficient (Wildman–Crippen LogP) is -2.02. The molecule has 0 aliphatic carbocycles. The molecule has 54 heavy (non-hydrogen) atoms. The van der Waals surface area contributed by atoms with Crippen LogP contribution < -0.4 is 49.5 Å². The highest BCUT2D eigenvalue weighted by Crippen LogP contribution is 2.10. The second-order valence-electron chi connectivity index (χ2n) is 13.6. The molecule has 0 bridgehead atoms. The zero-order valence-corrected chi connectivity index (χ0v) is 31.5. The van der Waals surface area contributed by atoms with Gasteiger partial charge in [0.25, 0.3) is 0 Å². The van der Waals surface area contributed by atoms with Crippen LogP contribution in [0.5, 0.6) is 0 Å². The lowest BCUT2D eigenvalue weighted by Crippen LogP contribution is -2.59. The molecule has 0 saturated carbocycles. The number of nitrogens with one attached hydrogen (secondary N) is 5. The Kier molecular flexibility index (Phi) is 25.8. The second kappa shape index (κ2) is 28.1. The Hall–Kier alpha value is -4.40. The summed E-state index contributed by atoms with van der Waals surface area (Å²) in [7, 11) is 0. The van der Waals surface area contributed by atoms with Gasteiger partial charge in [-0.3, -0.25) is 33.6 Å². The smallest absolute Gasteiger partial charge is 0.326 e. The fourth-order valence-electron chi connectivity index (χ4n) is 5.33. The molecular weight excluding hydrogens is 710 g/mol. The van der Waals surface area contributed by atoms with Crippen molar-refractivity contribution in [1.29, 1.82) is 0 Å². The van der Waals surface area contributed by atoms with E-state index in [4.69, 9.17) is 22.9 Å². The van der Waals surface area contributed by atoms with Crippen molar-refractivity contribution in [1.82, 2.24) is 26.6 Å². The number of aliphatic carboxylic acids is 3. The van der Waals surface area contributed by atoms with Gasteiger partial charge < -0.3 is 64.8 Å². The number of rotatable bonds is 31. The van der Waals surface area contributed by atoms with Crippen LogP contribution in [-0.4, -0.2) is 119 Å². The minimum Gasteiger partial charge on any atom is -0.481 e. The summed E-state index contributed by atoms with van der Waals surface area (Å²) >= 11 is 0. The molecule has 6 atom stereocenters. The van der Waals surface area contributed by atoms with Gasteiger partial charge in [0.1, 0.15) is 30.2 Å². The molecule has 0 saturated heterocycles.